The number of nitrogens with zero attached hydrogens (tertiary/aromatic N) is 2. The summed E-state index contributed by atoms with van der Waals surface area (Å²) in [6.45, 7) is 5.57. The van der Waals surface area contributed by atoms with Crippen LogP contribution in [0.4, 0.5) is 5.69 Å². The average Bonchev–Trinajstić information content (AvgIpc) is 2.80. The lowest BCUT2D eigenvalue weighted by molar-refractivity contribution is 0.0911. The normalized spacial score (nSPS) is 17.8. The Labute approximate surface area is 195 Å². The van der Waals surface area contributed by atoms with E-state index in [1.54, 1.807) is 0 Å². The lowest BCUT2D eigenvalue weighted by atomic mass is 10.0. The van der Waals surface area contributed by atoms with Crippen LogP contribution < -0.4 is 9.62 Å². The van der Waals surface area contributed by atoms with Gasteiger partial charge in [-0.05, 0) is 68.5 Å². The van der Waals surface area contributed by atoms with E-state index in [9.17, 15) is 13.2 Å². The molecule has 0 bridgehead atoms. The van der Waals surface area contributed by atoms with Gasteiger partial charge in [-0.25, -0.2) is 8.42 Å². The van der Waals surface area contributed by atoms with Crippen molar-refractivity contribution in [3.05, 3.63) is 58.6 Å². The van der Waals surface area contributed by atoms with Crippen molar-refractivity contribution < 1.29 is 13.2 Å². The van der Waals surface area contributed by atoms with E-state index < -0.39 is 10.0 Å². The van der Waals surface area contributed by atoms with Crippen molar-refractivity contribution >= 4 is 33.2 Å². The number of carbonyl (C=O) groups excluding carboxylic acids is 1. The number of hydrogen-bond donors (Lipinski definition) is 1. The maximum Gasteiger partial charge on any atom is 0.264 e. The fraction of sp³-hybridized carbons (Fsp3) is 0.458. The summed E-state index contributed by atoms with van der Waals surface area (Å²) in [5, 5.41) is 3.31. The van der Waals surface area contributed by atoms with Crippen LogP contribution in [-0.4, -0.2) is 51.4 Å². The summed E-state index contributed by atoms with van der Waals surface area (Å²) in [7, 11) is -3.81. The first kappa shape index (κ1) is 23.1. The molecule has 2 aromatic carbocycles. The lowest BCUT2D eigenvalue weighted by Crippen LogP contribution is -2.44. The van der Waals surface area contributed by atoms with Crippen molar-refractivity contribution in [3.63, 3.8) is 0 Å². The molecule has 1 fully saturated rings. The number of amides is 1. The van der Waals surface area contributed by atoms with Crippen LogP contribution in [0.15, 0.2) is 47.4 Å². The zero-order valence-electron chi connectivity index (χ0n) is 18.4. The van der Waals surface area contributed by atoms with Crippen LogP contribution in [0.1, 0.15) is 48.5 Å². The van der Waals surface area contributed by atoms with Crippen LogP contribution in [0.2, 0.25) is 5.02 Å². The smallest absolute Gasteiger partial charge is 0.264 e. The number of benzene rings is 2. The first-order valence-corrected chi connectivity index (χ1v) is 13.2. The third kappa shape index (κ3) is 4.80. The van der Waals surface area contributed by atoms with Gasteiger partial charge in [0, 0.05) is 25.7 Å². The van der Waals surface area contributed by atoms with Gasteiger partial charge in [0.2, 0.25) is 0 Å². The molecule has 0 atom stereocenters. The van der Waals surface area contributed by atoms with Gasteiger partial charge < -0.3 is 10.2 Å². The van der Waals surface area contributed by atoms with Gasteiger partial charge in [0.1, 0.15) is 0 Å². The molecule has 0 aliphatic carbocycles. The van der Waals surface area contributed by atoms with Gasteiger partial charge in [0.05, 0.1) is 21.2 Å². The van der Waals surface area contributed by atoms with E-state index in [1.807, 2.05) is 24.3 Å². The number of fused-ring (bicyclic) bond motifs is 1. The van der Waals surface area contributed by atoms with Crippen molar-refractivity contribution in [2.75, 3.05) is 30.5 Å². The number of sulfonamides is 1. The topological polar surface area (TPSA) is 69.7 Å². The number of hydrogen-bond acceptors (Lipinski definition) is 4. The summed E-state index contributed by atoms with van der Waals surface area (Å²) >= 11 is 6.31. The van der Waals surface area contributed by atoms with E-state index in [0.29, 0.717) is 12.2 Å². The van der Waals surface area contributed by atoms with Crippen molar-refractivity contribution in [2.45, 2.75) is 50.0 Å². The highest BCUT2D eigenvalue weighted by Gasteiger charge is 2.30. The molecule has 1 saturated heterocycles. The zero-order chi connectivity index (χ0) is 22.7. The van der Waals surface area contributed by atoms with Crippen LogP contribution in [0.5, 0.6) is 0 Å². The molecule has 0 aromatic heterocycles. The molecule has 0 radical (unpaired) electrons. The second-order valence-corrected chi connectivity index (χ2v) is 10.8. The molecule has 0 spiro atoms. The quantitative estimate of drug-likeness (QED) is 0.683. The fourth-order valence-corrected chi connectivity index (χ4v) is 6.37. The van der Waals surface area contributed by atoms with E-state index in [0.717, 1.165) is 57.3 Å². The van der Waals surface area contributed by atoms with Crippen LogP contribution >= 0.6 is 11.6 Å². The van der Waals surface area contributed by atoms with Crippen molar-refractivity contribution in [1.29, 1.82) is 0 Å². The molecule has 2 aromatic rings. The Morgan fingerprint density at radius 3 is 2.62 bits per heavy atom. The van der Waals surface area contributed by atoms with E-state index in [1.165, 1.54) is 22.5 Å². The standard InChI is InChI=1S/C24H30ClN3O3S/c1-2-13-27-15-11-19(12-16-27)26-24(29)21-17-20(9-10-22(21)25)32(30,31)28-14-5-7-18-6-3-4-8-23(18)28/h3-4,6,8-10,17,19H,2,5,7,11-16H2,1H3,(H,26,29). The minimum Gasteiger partial charge on any atom is -0.349 e. The number of piperidine rings is 1. The number of aryl methyl sites for hydroxylation is 1. The number of likely N-dealkylation sites (tertiary alicyclic amines) is 1. The second-order valence-electron chi connectivity index (χ2n) is 8.54. The highest BCUT2D eigenvalue weighted by Crippen LogP contribution is 2.32. The summed E-state index contributed by atoms with van der Waals surface area (Å²) in [5.74, 6) is -0.319. The maximum atomic E-state index is 13.5. The molecule has 2 aliphatic heterocycles. The molecule has 8 heteroatoms. The average molecular weight is 476 g/mol. The van der Waals surface area contributed by atoms with Gasteiger partial charge in [-0.2, -0.15) is 0 Å². The highest BCUT2D eigenvalue weighted by atomic mass is 35.5. The molecule has 1 N–H and O–H groups in total. The number of halogens is 1. The predicted octanol–water partition coefficient (Wildman–Crippen LogP) is 4.09. The minimum atomic E-state index is -3.81. The first-order valence-electron chi connectivity index (χ1n) is 11.3. The van der Waals surface area contributed by atoms with E-state index in [4.69, 9.17) is 11.6 Å². The minimum absolute atomic E-state index is 0.0703. The summed E-state index contributed by atoms with van der Waals surface area (Å²) in [4.78, 5) is 15.5. The molecular formula is C24H30ClN3O3S. The summed E-state index contributed by atoms with van der Waals surface area (Å²) in [5.41, 5.74) is 1.93. The molecule has 6 nitrogen and oxygen atoms in total. The molecule has 0 saturated carbocycles. The van der Waals surface area contributed by atoms with E-state index in [2.05, 4.69) is 17.1 Å². The van der Waals surface area contributed by atoms with Gasteiger partial charge in [0.25, 0.3) is 15.9 Å². The Kier molecular flexibility index (Phi) is 7.08. The lowest BCUT2D eigenvalue weighted by Gasteiger charge is -2.32. The van der Waals surface area contributed by atoms with Gasteiger partial charge in [-0.1, -0.05) is 36.7 Å². The molecule has 0 unspecified atom stereocenters. The van der Waals surface area contributed by atoms with Crippen molar-refractivity contribution in [2.24, 2.45) is 0 Å². The van der Waals surface area contributed by atoms with Crippen molar-refractivity contribution in [3.8, 4) is 0 Å². The monoisotopic (exact) mass is 475 g/mol. The summed E-state index contributed by atoms with van der Waals surface area (Å²) in [6, 6.07) is 12.0. The number of carbonyl (C=O) groups is 1. The van der Waals surface area contributed by atoms with Gasteiger partial charge >= 0.3 is 0 Å². The summed E-state index contributed by atoms with van der Waals surface area (Å²) < 4.78 is 28.4. The van der Waals surface area contributed by atoms with Gasteiger partial charge in [-0.15, -0.1) is 0 Å². The molecule has 4 rings (SSSR count). The van der Waals surface area contributed by atoms with E-state index >= 15 is 0 Å². The Morgan fingerprint density at radius 2 is 1.88 bits per heavy atom. The Balaban J connectivity index is 1.53. The molecule has 172 valence electrons. The number of anilines is 1. The Hall–Kier alpha value is -2.09. The number of rotatable bonds is 6. The third-order valence-electron chi connectivity index (χ3n) is 6.30. The Bertz CT molecular complexity index is 1080. The molecule has 32 heavy (non-hydrogen) atoms. The third-order valence-corrected chi connectivity index (χ3v) is 8.44. The van der Waals surface area contributed by atoms with Crippen LogP contribution in [0.25, 0.3) is 0 Å². The molecular weight excluding hydrogens is 446 g/mol. The SMILES string of the molecule is CCCN1CCC(NC(=O)c2cc(S(=O)(=O)N3CCCc4ccccc43)ccc2Cl)CC1. The Morgan fingerprint density at radius 1 is 1.12 bits per heavy atom. The van der Waals surface area contributed by atoms with Gasteiger partial charge in [-0.3, -0.25) is 9.10 Å². The molecule has 2 aliphatic rings. The van der Waals surface area contributed by atoms with E-state index in [-0.39, 0.29) is 27.4 Å². The van der Waals surface area contributed by atoms with Crippen molar-refractivity contribution in [1.82, 2.24) is 10.2 Å². The largest absolute Gasteiger partial charge is 0.349 e. The highest BCUT2D eigenvalue weighted by molar-refractivity contribution is 7.92. The summed E-state index contributed by atoms with van der Waals surface area (Å²) in [6.07, 6.45) is 4.49. The molecule has 1 amide bonds. The van der Waals surface area contributed by atoms with Gasteiger partial charge in [0.15, 0.2) is 0 Å². The maximum absolute atomic E-state index is 13.5. The van der Waals surface area contributed by atoms with Crippen LogP contribution in [-0.2, 0) is 16.4 Å². The second kappa shape index (κ2) is 9.81. The molecule has 2 heterocycles. The first-order chi connectivity index (χ1) is 15.4. The van der Waals surface area contributed by atoms with Crippen LogP contribution in [0, 0.1) is 0 Å². The predicted molar refractivity (Wildman–Crippen MR) is 128 cm³/mol. The zero-order valence-corrected chi connectivity index (χ0v) is 20.0. The number of nitrogens with one attached hydrogen (secondary N) is 1. The fourth-order valence-electron chi connectivity index (χ4n) is 4.60. The van der Waals surface area contributed by atoms with Crippen LogP contribution in [0.3, 0.4) is 0 Å². The number of para-hydroxylation sites is 1.